The summed E-state index contributed by atoms with van der Waals surface area (Å²) in [4.78, 5) is 32.2. The van der Waals surface area contributed by atoms with Gasteiger partial charge in [-0.15, -0.1) is 0 Å². The Labute approximate surface area is 213 Å². The zero-order valence-electron chi connectivity index (χ0n) is 19.4. The van der Waals surface area contributed by atoms with Crippen molar-refractivity contribution in [1.29, 1.82) is 0 Å². The number of nitrogens with zero attached hydrogens (tertiary/aromatic N) is 2. The smallest absolute Gasteiger partial charge is 0.301 e. The lowest BCUT2D eigenvalue weighted by Gasteiger charge is -2.23. The monoisotopic (exact) mass is 512 g/mol. The van der Waals surface area contributed by atoms with Gasteiger partial charge in [0.05, 0.1) is 16.3 Å². The van der Waals surface area contributed by atoms with Crippen molar-refractivity contribution in [2.45, 2.75) is 13.0 Å². The Kier molecular flexibility index (Phi) is 5.35. The molecule has 1 aliphatic heterocycles. The number of ketones is 1. The van der Waals surface area contributed by atoms with E-state index in [4.69, 9.17) is 0 Å². The van der Waals surface area contributed by atoms with Gasteiger partial charge >= 0.3 is 5.91 Å². The topological polar surface area (TPSA) is 70.5 Å². The third-order valence-corrected chi connectivity index (χ3v) is 7.43. The SMILES string of the molecule is Cc1cccc(C2/C(=C(\O)c3ccc4ccccc4c3)C(=O)C(=O)N2c2nc3c(F)cc(F)cc3s2)c1. The summed E-state index contributed by atoms with van der Waals surface area (Å²) >= 11 is 0.900. The normalized spacial score (nSPS) is 17.3. The Morgan fingerprint density at radius 1 is 0.946 bits per heavy atom. The number of aryl methyl sites for hydroxylation is 1. The van der Waals surface area contributed by atoms with Crippen molar-refractivity contribution in [2.24, 2.45) is 0 Å². The van der Waals surface area contributed by atoms with Crippen molar-refractivity contribution in [2.75, 3.05) is 4.90 Å². The molecule has 0 aliphatic carbocycles. The molecule has 8 heteroatoms. The van der Waals surface area contributed by atoms with Gasteiger partial charge in [-0.1, -0.05) is 77.6 Å². The van der Waals surface area contributed by atoms with Crippen molar-refractivity contribution in [3.05, 3.63) is 113 Å². The molecule has 1 amide bonds. The molecule has 1 aliphatic rings. The highest BCUT2D eigenvalue weighted by Crippen LogP contribution is 2.45. The summed E-state index contributed by atoms with van der Waals surface area (Å²) in [5.74, 6) is -3.75. The molecule has 182 valence electrons. The van der Waals surface area contributed by atoms with Crippen LogP contribution in [0.2, 0.25) is 0 Å². The van der Waals surface area contributed by atoms with Crippen molar-refractivity contribution < 1.29 is 23.5 Å². The molecule has 1 saturated heterocycles. The average molecular weight is 513 g/mol. The molecule has 0 radical (unpaired) electrons. The number of amides is 1. The molecule has 1 unspecified atom stereocenters. The van der Waals surface area contributed by atoms with Gasteiger partial charge in [0.1, 0.15) is 17.1 Å². The predicted octanol–water partition coefficient (Wildman–Crippen LogP) is 6.66. The molecular weight excluding hydrogens is 494 g/mol. The number of rotatable bonds is 3. The largest absolute Gasteiger partial charge is 0.507 e. The van der Waals surface area contributed by atoms with Crippen LogP contribution in [0.1, 0.15) is 22.7 Å². The van der Waals surface area contributed by atoms with Crippen LogP contribution in [0.4, 0.5) is 13.9 Å². The number of halogens is 2. The van der Waals surface area contributed by atoms with Gasteiger partial charge in [0.25, 0.3) is 5.78 Å². The first kappa shape index (κ1) is 23.0. The molecule has 6 rings (SSSR count). The van der Waals surface area contributed by atoms with Gasteiger partial charge < -0.3 is 5.11 Å². The quantitative estimate of drug-likeness (QED) is 0.167. The molecule has 0 saturated carbocycles. The number of aromatic nitrogens is 1. The van der Waals surface area contributed by atoms with Gasteiger partial charge in [0.15, 0.2) is 10.9 Å². The molecule has 5 nitrogen and oxygen atoms in total. The number of hydrogen-bond acceptors (Lipinski definition) is 5. The van der Waals surface area contributed by atoms with Gasteiger partial charge in [-0.3, -0.25) is 14.5 Å². The second-order valence-corrected chi connectivity index (χ2v) is 9.89. The van der Waals surface area contributed by atoms with Gasteiger partial charge in [0, 0.05) is 11.6 Å². The maximum Gasteiger partial charge on any atom is 0.301 e. The van der Waals surface area contributed by atoms with Gasteiger partial charge in [0.2, 0.25) is 0 Å². The zero-order valence-corrected chi connectivity index (χ0v) is 20.2. The Morgan fingerprint density at radius 2 is 1.73 bits per heavy atom. The molecule has 0 spiro atoms. The zero-order chi connectivity index (χ0) is 25.8. The number of hydrogen-bond donors (Lipinski definition) is 1. The maximum absolute atomic E-state index is 14.4. The molecule has 37 heavy (non-hydrogen) atoms. The van der Waals surface area contributed by atoms with E-state index >= 15 is 0 Å². The third-order valence-electron chi connectivity index (χ3n) is 6.43. The minimum Gasteiger partial charge on any atom is -0.507 e. The number of Topliss-reactive ketones (excluding diaryl/α,β-unsaturated/α-hetero) is 1. The molecule has 1 fully saturated rings. The van der Waals surface area contributed by atoms with E-state index in [1.807, 2.05) is 49.4 Å². The fourth-order valence-corrected chi connectivity index (χ4v) is 5.76. The summed E-state index contributed by atoms with van der Waals surface area (Å²) in [6.07, 6.45) is 0. The lowest BCUT2D eigenvalue weighted by atomic mass is 9.94. The van der Waals surface area contributed by atoms with Crippen LogP contribution in [0, 0.1) is 18.6 Å². The number of anilines is 1. The molecule has 4 aromatic carbocycles. The third kappa shape index (κ3) is 3.77. The number of carbonyl (C=O) groups is 2. The fraction of sp³-hybridized carbons (Fsp3) is 0.0690. The minimum atomic E-state index is -1.01. The summed E-state index contributed by atoms with van der Waals surface area (Å²) in [5.41, 5.74) is 1.64. The van der Waals surface area contributed by atoms with E-state index in [0.717, 1.165) is 44.7 Å². The molecule has 2 heterocycles. The van der Waals surface area contributed by atoms with Crippen molar-refractivity contribution in [3.8, 4) is 0 Å². The number of aliphatic hydroxyl groups excluding tert-OH is 1. The van der Waals surface area contributed by atoms with Crippen LogP contribution in [0.15, 0.2) is 84.4 Å². The fourth-order valence-electron chi connectivity index (χ4n) is 4.73. The van der Waals surface area contributed by atoms with E-state index in [-0.39, 0.29) is 26.7 Å². The van der Waals surface area contributed by atoms with Gasteiger partial charge in [-0.05, 0) is 35.4 Å². The first-order chi connectivity index (χ1) is 17.8. The highest BCUT2D eigenvalue weighted by Gasteiger charge is 2.48. The van der Waals surface area contributed by atoms with Gasteiger partial charge in [-0.2, -0.15) is 0 Å². The van der Waals surface area contributed by atoms with Crippen molar-refractivity contribution in [3.63, 3.8) is 0 Å². The maximum atomic E-state index is 14.4. The first-order valence-corrected chi connectivity index (χ1v) is 12.3. The van der Waals surface area contributed by atoms with Crippen LogP contribution >= 0.6 is 11.3 Å². The van der Waals surface area contributed by atoms with Crippen LogP contribution in [0.25, 0.3) is 26.7 Å². The van der Waals surface area contributed by atoms with Crippen LogP contribution < -0.4 is 4.90 Å². The van der Waals surface area contributed by atoms with E-state index in [1.54, 1.807) is 24.3 Å². The summed E-state index contributed by atoms with van der Waals surface area (Å²) in [6, 6.07) is 20.9. The number of benzene rings is 4. The number of aliphatic hydroxyl groups is 1. The highest BCUT2D eigenvalue weighted by atomic mass is 32.1. The van der Waals surface area contributed by atoms with Gasteiger partial charge in [-0.25, -0.2) is 13.8 Å². The molecule has 1 atom stereocenters. The van der Waals surface area contributed by atoms with Crippen LogP contribution in [-0.2, 0) is 9.59 Å². The summed E-state index contributed by atoms with van der Waals surface area (Å²) in [6.45, 7) is 1.87. The summed E-state index contributed by atoms with van der Waals surface area (Å²) in [5, 5.41) is 13.3. The number of fused-ring (bicyclic) bond motifs is 2. The Balaban J connectivity index is 1.58. The second kappa shape index (κ2) is 8.60. The summed E-state index contributed by atoms with van der Waals surface area (Å²) in [7, 11) is 0. The number of carbonyl (C=O) groups excluding carboxylic acids is 2. The molecule has 0 bridgehead atoms. The van der Waals surface area contributed by atoms with Crippen LogP contribution in [0.5, 0.6) is 0 Å². The second-order valence-electron chi connectivity index (χ2n) is 8.88. The molecule has 1 aromatic heterocycles. The lowest BCUT2D eigenvalue weighted by Crippen LogP contribution is -2.29. The lowest BCUT2D eigenvalue weighted by molar-refractivity contribution is -0.132. The molecular formula is C29H18F2N2O3S. The van der Waals surface area contributed by atoms with E-state index in [2.05, 4.69) is 4.98 Å². The Hall–Kier alpha value is -4.43. The Bertz CT molecular complexity index is 1790. The molecule has 5 aromatic rings. The van der Waals surface area contributed by atoms with Crippen LogP contribution in [0.3, 0.4) is 0 Å². The van der Waals surface area contributed by atoms with E-state index in [1.165, 1.54) is 0 Å². The minimum absolute atomic E-state index is 0.0330. The summed E-state index contributed by atoms with van der Waals surface area (Å²) < 4.78 is 28.5. The highest BCUT2D eigenvalue weighted by molar-refractivity contribution is 7.22. The van der Waals surface area contributed by atoms with Crippen molar-refractivity contribution >= 4 is 54.9 Å². The number of thiazole rings is 1. The first-order valence-electron chi connectivity index (χ1n) is 11.4. The Morgan fingerprint density at radius 3 is 2.51 bits per heavy atom. The predicted molar refractivity (Wildman–Crippen MR) is 139 cm³/mol. The van der Waals surface area contributed by atoms with Crippen molar-refractivity contribution in [1.82, 2.24) is 4.98 Å². The van der Waals surface area contributed by atoms with E-state index < -0.39 is 29.4 Å². The van der Waals surface area contributed by atoms with E-state index in [0.29, 0.717) is 11.1 Å². The van der Waals surface area contributed by atoms with E-state index in [9.17, 15) is 23.5 Å². The average Bonchev–Trinajstić information content (AvgIpc) is 3.42. The molecule has 1 N–H and O–H groups in total. The van der Waals surface area contributed by atoms with Crippen LogP contribution in [-0.4, -0.2) is 21.8 Å². The standard InChI is InChI=1S/C29H18F2N2O3S/c1-15-5-4-8-18(11-15)25-23(26(34)19-10-9-16-6-2-3-7-17(16)12-19)27(35)28(36)33(25)29-32-24-21(31)13-20(30)14-22(24)37-29/h2-14,25,34H,1H3/b26-23+.